The van der Waals surface area contributed by atoms with E-state index in [0.29, 0.717) is 12.0 Å². The summed E-state index contributed by atoms with van der Waals surface area (Å²) in [6, 6.07) is 7.24. The molecule has 0 aromatic heterocycles. The van der Waals surface area contributed by atoms with Gasteiger partial charge in [0.05, 0.1) is 0 Å². The standard InChI is InChI=1S/C14H22N2/c1-10(2)16-8-7-13-12(11(3)9-15)5-4-6-14(13)16/h4-6,10-11H,7-9,15H2,1-3H3. The first kappa shape index (κ1) is 11.5. The number of anilines is 1. The largest absolute Gasteiger partial charge is 0.369 e. The van der Waals surface area contributed by atoms with Crippen molar-refractivity contribution in [3.05, 3.63) is 29.3 Å². The Balaban J connectivity index is 2.40. The van der Waals surface area contributed by atoms with Crippen LogP contribution in [0.3, 0.4) is 0 Å². The highest BCUT2D eigenvalue weighted by atomic mass is 15.2. The van der Waals surface area contributed by atoms with E-state index in [1.54, 1.807) is 0 Å². The third-order valence-electron chi connectivity index (χ3n) is 3.61. The number of benzene rings is 1. The monoisotopic (exact) mass is 218 g/mol. The minimum Gasteiger partial charge on any atom is -0.369 e. The fourth-order valence-corrected chi connectivity index (χ4v) is 2.61. The fraction of sp³-hybridized carbons (Fsp3) is 0.571. The molecular formula is C14H22N2. The van der Waals surface area contributed by atoms with Crippen molar-refractivity contribution in [1.82, 2.24) is 0 Å². The minimum absolute atomic E-state index is 0.474. The summed E-state index contributed by atoms with van der Waals surface area (Å²) < 4.78 is 0. The van der Waals surface area contributed by atoms with E-state index in [4.69, 9.17) is 5.73 Å². The van der Waals surface area contributed by atoms with E-state index in [0.717, 1.165) is 13.1 Å². The van der Waals surface area contributed by atoms with Crippen LogP contribution < -0.4 is 10.6 Å². The summed E-state index contributed by atoms with van der Waals surface area (Å²) in [5, 5.41) is 0. The van der Waals surface area contributed by atoms with E-state index in [2.05, 4.69) is 43.9 Å². The van der Waals surface area contributed by atoms with Gasteiger partial charge >= 0.3 is 0 Å². The average molecular weight is 218 g/mol. The van der Waals surface area contributed by atoms with Crippen molar-refractivity contribution in [2.75, 3.05) is 18.0 Å². The summed E-state index contributed by atoms with van der Waals surface area (Å²) in [4.78, 5) is 2.49. The van der Waals surface area contributed by atoms with Crippen molar-refractivity contribution in [2.24, 2.45) is 5.73 Å². The Bertz CT molecular complexity index is 371. The van der Waals surface area contributed by atoms with Gasteiger partial charge in [-0.15, -0.1) is 0 Å². The zero-order valence-corrected chi connectivity index (χ0v) is 10.5. The van der Waals surface area contributed by atoms with Gasteiger partial charge in [-0.2, -0.15) is 0 Å². The maximum atomic E-state index is 5.78. The summed E-state index contributed by atoms with van der Waals surface area (Å²) in [5.74, 6) is 0.474. The highest BCUT2D eigenvalue weighted by Gasteiger charge is 2.24. The van der Waals surface area contributed by atoms with Crippen molar-refractivity contribution in [3.8, 4) is 0 Å². The van der Waals surface area contributed by atoms with E-state index < -0.39 is 0 Å². The van der Waals surface area contributed by atoms with Crippen LogP contribution in [0.5, 0.6) is 0 Å². The molecule has 1 aliphatic heterocycles. The van der Waals surface area contributed by atoms with Gasteiger partial charge in [-0.3, -0.25) is 0 Å². The molecule has 2 nitrogen and oxygen atoms in total. The van der Waals surface area contributed by atoms with Gasteiger partial charge in [0.2, 0.25) is 0 Å². The molecule has 0 fully saturated rings. The SMILES string of the molecule is CC(CN)c1cccc2c1CCN2C(C)C. The Morgan fingerprint density at radius 3 is 2.69 bits per heavy atom. The van der Waals surface area contributed by atoms with Crippen LogP contribution in [0.1, 0.15) is 37.8 Å². The first-order chi connectivity index (χ1) is 7.65. The maximum Gasteiger partial charge on any atom is 0.0404 e. The van der Waals surface area contributed by atoms with Crippen LogP contribution in [0.4, 0.5) is 5.69 Å². The van der Waals surface area contributed by atoms with Crippen molar-refractivity contribution in [1.29, 1.82) is 0 Å². The van der Waals surface area contributed by atoms with E-state index in [1.165, 1.54) is 23.2 Å². The molecule has 1 aromatic rings. The highest BCUT2D eigenvalue weighted by molar-refractivity contribution is 5.62. The van der Waals surface area contributed by atoms with Crippen molar-refractivity contribution >= 4 is 5.69 Å². The van der Waals surface area contributed by atoms with Crippen LogP contribution >= 0.6 is 0 Å². The minimum atomic E-state index is 0.474. The van der Waals surface area contributed by atoms with Gasteiger partial charge in [0, 0.05) is 18.3 Å². The number of nitrogens with two attached hydrogens (primary N) is 1. The number of nitrogens with zero attached hydrogens (tertiary/aromatic N) is 1. The molecule has 1 aromatic carbocycles. The van der Waals surface area contributed by atoms with Crippen molar-refractivity contribution in [3.63, 3.8) is 0 Å². The van der Waals surface area contributed by atoms with Gasteiger partial charge in [0.15, 0.2) is 0 Å². The van der Waals surface area contributed by atoms with Crippen molar-refractivity contribution in [2.45, 2.75) is 39.2 Å². The third-order valence-corrected chi connectivity index (χ3v) is 3.61. The van der Waals surface area contributed by atoms with E-state index in [9.17, 15) is 0 Å². The molecule has 88 valence electrons. The van der Waals surface area contributed by atoms with Crippen molar-refractivity contribution < 1.29 is 0 Å². The number of rotatable bonds is 3. The second kappa shape index (κ2) is 4.46. The lowest BCUT2D eigenvalue weighted by Crippen LogP contribution is -2.28. The fourth-order valence-electron chi connectivity index (χ4n) is 2.61. The quantitative estimate of drug-likeness (QED) is 0.844. The molecule has 1 heterocycles. The number of hydrogen-bond acceptors (Lipinski definition) is 2. The van der Waals surface area contributed by atoms with Crippen LogP contribution in [0.2, 0.25) is 0 Å². The van der Waals surface area contributed by atoms with E-state index in [1.807, 2.05) is 0 Å². The summed E-state index contributed by atoms with van der Waals surface area (Å²) in [6.45, 7) is 8.62. The highest BCUT2D eigenvalue weighted by Crippen LogP contribution is 2.34. The van der Waals surface area contributed by atoms with Gasteiger partial charge in [0.1, 0.15) is 0 Å². The lowest BCUT2D eigenvalue weighted by atomic mass is 9.94. The molecule has 1 unspecified atom stereocenters. The second-order valence-electron chi connectivity index (χ2n) is 5.02. The zero-order valence-electron chi connectivity index (χ0n) is 10.5. The molecule has 0 amide bonds. The molecule has 2 N–H and O–H groups in total. The second-order valence-corrected chi connectivity index (χ2v) is 5.02. The van der Waals surface area contributed by atoms with Gasteiger partial charge < -0.3 is 10.6 Å². The van der Waals surface area contributed by atoms with Crippen LogP contribution in [-0.2, 0) is 6.42 Å². The molecule has 0 saturated carbocycles. The third kappa shape index (κ3) is 1.82. The maximum absolute atomic E-state index is 5.78. The molecule has 0 aliphatic carbocycles. The molecule has 2 rings (SSSR count). The Labute approximate surface area is 98.4 Å². The van der Waals surface area contributed by atoms with E-state index in [-0.39, 0.29) is 0 Å². The first-order valence-electron chi connectivity index (χ1n) is 6.23. The van der Waals surface area contributed by atoms with Crippen LogP contribution in [0.15, 0.2) is 18.2 Å². The summed E-state index contributed by atoms with van der Waals surface area (Å²) in [7, 11) is 0. The van der Waals surface area contributed by atoms with E-state index >= 15 is 0 Å². The van der Waals surface area contributed by atoms with Crippen LogP contribution in [-0.4, -0.2) is 19.1 Å². The smallest absolute Gasteiger partial charge is 0.0404 e. The molecule has 0 spiro atoms. The normalized spacial score (nSPS) is 16.7. The molecule has 2 heteroatoms. The van der Waals surface area contributed by atoms with Gasteiger partial charge in [-0.1, -0.05) is 19.1 Å². The summed E-state index contributed by atoms with van der Waals surface area (Å²) >= 11 is 0. The molecule has 1 aliphatic rings. The Morgan fingerprint density at radius 1 is 1.31 bits per heavy atom. The zero-order chi connectivity index (χ0) is 11.7. The van der Waals surface area contributed by atoms with Crippen LogP contribution in [0, 0.1) is 0 Å². The number of fused-ring (bicyclic) bond motifs is 1. The Hall–Kier alpha value is -1.02. The molecule has 16 heavy (non-hydrogen) atoms. The topological polar surface area (TPSA) is 29.3 Å². The lowest BCUT2D eigenvalue weighted by Gasteiger charge is -2.24. The first-order valence-corrected chi connectivity index (χ1v) is 6.23. The summed E-state index contributed by atoms with van der Waals surface area (Å²) in [5.41, 5.74) is 10.2. The van der Waals surface area contributed by atoms with Gasteiger partial charge in [0.25, 0.3) is 0 Å². The lowest BCUT2D eigenvalue weighted by molar-refractivity contribution is 0.709. The molecule has 1 atom stereocenters. The predicted octanol–water partition coefficient (Wildman–Crippen LogP) is 2.52. The van der Waals surface area contributed by atoms with Gasteiger partial charge in [-0.25, -0.2) is 0 Å². The average Bonchev–Trinajstić information content (AvgIpc) is 2.71. The van der Waals surface area contributed by atoms with Crippen LogP contribution in [0.25, 0.3) is 0 Å². The number of hydrogen-bond donors (Lipinski definition) is 1. The Morgan fingerprint density at radius 2 is 2.06 bits per heavy atom. The Kier molecular flexibility index (Phi) is 3.20. The molecule has 0 radical (unpaired) electrons. The molecule has 0 bridgehead atoms. The summed E-state index contributed by atoms with van der Waals surface area (Å²) in [6.07, 6.45) is 1.17. The van der Waals surface area contributed by atoms with Gasteiger partial charge in [-0.05, 0) is 49.9 Å². The molecular weight excluding hydrogens is 196 g/mol. The predicted molar refractivity (Wildman–Crippen MR) is 70.1 cm³/mol. The molecule has 0 saturated heterocycles.